The van der Waals surface area contributed by atoms with Crippen LogP contribution in [-0.4, -0.2) is 29.5 Å². The standard InChI is InChI=1S/C20H16ClFN4O4/c1-10(2)13-6-12(9-24-20(13)29-3)30-19-14(21)4-11(5-15(19)22)26-18(28)7-17(27)16(8-23)25-26/h4-6,9-10H,7H2,1-3H3. The average molecular weight is 431 g/mol. The van der Waals surface area contributed by atoms with E-state index in [1.807, 2.05) is 13.8 Å². The van der Waals surface area contributed by atoms with Crippen LogP contribution in [-0.2, 0) is 9.59 Å². The molecule has 0 bridgehead atoms. The van der Waals surface area contributed by atoms with Crippen LogP contribution in [0.4, 0.5) is 10.1 Å². The summed E-state index contributed by atoms with van der Waals surface area (Å²) >= 11 is 6.18. The molecule has 0 spiro atoms. The molecule has 0 N–H and O–H groups in total. The number of amides is 1. The van der Waals surface area contributed by atoms with Gasteiger partial charge in [-0.25, -0.2) is 9.37 Å². The molecular formula is C20H16ClFN4O4. The Hall–Kier alpha value is -3.51. The van der Waals surface area contributed by atoms with Gasteiger partial charge in [-0.3, -0.25) is 9.59 Å². The Morgan fingerprint density at radius 3 is 2.63 bits per heavy atom. The molecule has 8 nitrogen and oxygen atoms in total. The molecule has 1 aromatic carbocycles. The van der Waals surface area contributed by atoms with Crippen molar-refractivity contribution in [2.75, 3.05) is 12.1 Å². The zero-order chi connectivity index (χ0) is 22.0. The third-order valence-electron chi connectivity index (χ3n) is 4.23. The zero-order valence-electron chi connectivity index (χ0n) is 16.3. The van der Waals surface area contributed by atoms with E-state index in [1.54, 1.807) is 12.1 Å². The summed E-state index contributed by atoms with van der Waals surface area (Å²) in [4.78, 5) is 27.8. The van der Waals surface area contributed by atoms with E-state index in [9.17, 15) is 14.0 Å². The molecule has 0 saturated heterocycles. The number of nitriles is 1. The number of benzene rings is 1. The van der Waals surface area contributed by atoms with Crippen molar-refractivity contribution in [1.29, 1.82) is 5.26 Å². The van der Waals surface area contributed by atoms with Gasteiger partial charge in [0.1, 0.15) is 11.8 Å². The number of hydrogen-bond acceptors (Lipinski definition) is 7. The summed E-state index contributed by atoms with van der Waals surface area (Å²) in [7, 11) is 1.50. The minimum atomic E-state index is -0.863. The minimum absolute atomic E-state index is 0.0363. The van der Waals surface area contributed by atoms with Gasteiger partial charge in [0, 0.05) is 11.6 Å². The van der Waals surface area contributed by atoms with E-state index in [0.717, 1.165) is 16.6 Å². The number of methoxy groups -OCH3 is 1. The molecule has 0 atom stereocenters. The van der Waals surface area contributed by atoms with Crippen molar-refractivity contribution in [2.45, 2.75) is 26.2 Å². The third kappa shape index (κ3) is 4.09. The zero-order valence-corrected chi connectivity index (χ0v) is 17.0. The molecule has 30 heavy (non-hydrogen) atoms. The maximum atomic E-state index is 14.8. The van der Waals surface area contributed by atoms with E-state index in [-0.39, 0.29) is 28.1 Å². The van der Waals surface area contributed by atoms with Crippen LogP contribution in [0.15, 0.2) is 29.5 Å². The molecule has 1 aliphatic heterocycles. The molecule has 1 amide bonds. The molecule has 0 unspecified atom stereocenters. The summed E-state index contributed by atoms with van der Waals surface area (Å²) in [6.07, 6.45) is 0.830. The van der Waals surface area contributed by atoms with E-state index in [2.05, 4.69) is 10.1 Å². The maximum absolute atomic E-state index is 14.8. The van der Waals surface area contributed by atoms with Crippen LogP contribution in [0.3, 0.4) is 0 Å². The van der Waals surface area contributed by atoms with E-state index >= 15 is 0 Å². The van der Waals surface area contributed by atoms with Crippen molar-refractivity contribution >= 4 is 34.7 Å². The van der Waals surface area contributed by atoms with Crippen LogP contribution >= 0.6 is 11.6 Å². The Kier molecular flexibility index (Phi) is 5.99. The summed E-state index contributed by atoms with van der Waals surface area (Å²) in [6.45, 7) is 3.89. The molecule has 0 aliphatic carbocycles. The fourth-order valence-electron chi connectivity index (χ4n) is 2.77. The number of hydrazone groups is 1. The lowest BCUT2D eigenvalue weighted by molar-refractivity contribution is -0.124. The summed E-state index contributed by atoms with van der Waals surface area (Å²) in [6, 6.07) is 5.52. The van der Waals surface area contributed by atoms with Gasteiger partial charge in [0.25, 0.3) is 5.91 Å². The lowest BCUT2D eigenvalue weighted by atomic mass is 10.1. The normalized spacial score (nSPS) is 13.9. The fourth-order valence-corrected chi connectivity index (χ4v) is 3.01. The van der Waals surface area contributed by atoms with Gasteiger partial charge in [0.2, 0.25) is 17.4 Å². The summed E-state index contributed by atoms with van der Waals surface area (Å²) < 4.78 is 25.6. The van der Waals surface area contributed by atoms with Crippen LogP contribution < -0.4 is 14.5 Å². The lowest BCUT2D eigenvalue weighted by Gasteiger charge is -2.21. The highest BCUT2D eigenvalue weighted by atomic mass is 35.5. The van der Waals surface area contributed by atoms with E-state index < -0.39 is 29.6 Å². The minimum Gasteiger partial charge on any atom is -0.481 e. The van der Waals surface area contributed by atoms with Gasteiger partial charge in [-0.2, -0.15) is 15.4 Å². The molecule has 3 rings (SSSR count). The van der Waals surface area contributed by atoms with Crippen LogP contribution in [0.1, 0.15) is 31.7 Å². The molecule has 1 aromatic heterocycles. The first-order chi connectivity index (χ1) is 14.2. The molecule has 0 radical (unpaired) electrons. The second-order valence-electron chi connectivity index (χ2n) is 6.63. The number of ether oxygens (including phenoxy) is 2. The predicted octanol–water partition coefficient (Wildman–Crippen LogP) is 3.98. The van der Waals surface area contributed by atoms with Crippen molar-refractivity contribution in [3.05, 3.63) is 40.8 Å². The molecule has 10 heteroatoms. The smallest absolute Gasteiger partial charge is 0.255 e. The van der Waals surface area contributed by atoms with Gasteiger partial charge in [-0.05, 0) is 18.1 Å². The SMILES string of the molecule is COc1ncc(Oc2c(F)cc(N3N=C(C#N)C(=O)CC3=O)cc2Cl)cc1C(C)C. The number of carbonyl (C=O) groups excluding carboxylic acids is 2. The van der Waals surface area contributed by atoms with Gasteiger partial charge in [-0.1, -0.05) is 25.4 Å². The number of carbonyl (C=O) groups is 2. The maximum Gasteiger partial charge on any atom is 0.255 e. The Balaban J connectivity index is 1.96. The molecule has 2 heterocycles. The summed E-state index contributed by atoms with van der Waals surface area (Å²) in [5, 5.41) is 13.3. The van der Waals surface area contributed by atoms with Gasteiger partial charge >= 0.3 is 0 Å². The Labute approximate surface area is 176 Å². The number of Topliss-reactive ketones (excluding diaryl/α,β-unsaturated/α-hetero) is 1. The van der Waals surface area contributed by atoms with Crippen molar-refractivity contribution < 1.29 is 23.5 Å². The first kappa shape index (κ1) is 21.2. The molecule has 154 valence electrons. The van der Waals surface area contributed by atoms with E-state index in [4.69, 9.17) is 26.3 Å². The van der Waals surface area contributed by atoms with Crippen LogP contribution in [0.2, 0.25) is 5.02 Å². The quantitative estimate of drug-likeness (QED) is 0.664. The average Bonchev–Trinajstić information content (AvgIpc) is 2.70. The van der Waals surface area contributed by atoms with Crippen molar-refractivity contribution in [2.24, 2.45) is 5.10 Å². The van der Waals surface area contributed by atoms with E-state index in [1.165, 1.54) is 19.4 Å². The lowest BCUT2D eigenvalue weighted by Crippen LogP contribution is -2.36. The number of pyridine rings is 1. The first-order valence-electron chi connectivity index (χ1n) is 8.80. The number of nitrogens with zero attached hydrogens (tertiary/aromatic N) is 4. The summed E-state index contributed by atoms with van der Waals surface area (Å²) in [5.74, 6) is -1.77. The number of aromatic nitrogens is 1. The van der Waals surface area contributed by atoms with Crippen molar-refractivity contribution in [3.8, 4) is 23.4 Å². The Bertz CT molecular complexity index is 1090. The number of rotatable bonds is 5. The highest BCUT2D eigenvalue weighted by Crippen LogP contribution is 2.38. The van der Waals surface area contributed by atoms with Crippen LogP contribution in [0.25, 0.3) is 0 Å². The van der Waals surface area contributed by atoms with Gasteiger partial charge in [-0.15, -0.1) is 0 Å². The number of halogens is 2. The van der Waals surface area contributed by atoms with E-state index in [0.29, 0.717) is 5.88 Å². The van der Waals surface area contributed by atoms with Crippen molar-refractivity contribution in [3.63, 3.8) is 0 Å². The Morgan fingerprint density at radius 2 is 2.03 bits per heavy atom. The van der Waals surface area contributed by atoms with Gasteiger partial charge in [0.05, 0.1) is 30.4 Å². The second kappa shape index (κ2) is 8.47. The topological polar surface area (TPSA) is 105 Å². The number of ketones is 1. The fraction of sp³-hybridized carbons (Fsp3) is 0.250. The largest absolute Gasteiger partial charge is 0.481 e. The molecule has 1 aliphatic rings. The Morgan fingerprint density at radius 1 is 1.30 bits per heavy atom. The third-order valence-corrected chi connectivity index (χ3v) is 4.52. The molecule has 0 fully saturated rings. The highest BCUT2D eigenvalue weighted by molar-refractivity contribution is 6.50. The molecular weight excluding hydrogens is 415 g/mol. The summed E-state index contributed by atoms with van der Waals surface area (Å²) in [5.41, 5.74) is 0.285. The monoisotopic (exact) mass is 430 g/mol. The molecule has 0 saturated carbocycles. The van der Waals surface area contributed by atoms with Gasteiger partial charge < -0.3 is 9.47 Å². The number of anilines is 1. The molecule has 2 aromatic rings. The first-order valence-corrected chi connectivity index (χ1v) is 9.18. The number of hydrogen-bond donors (Lipinski definition) is 0. The predicted molar refractivity (Wildman–Crippen MR) is 107 cm³/mol. The van der Waals surface area contributed by atoms with Gasteiger partial charge in [0.15, 0.2) is 11.6 Å². The van der Waals surface area contributed by atoms with Crippen LogP contribution in [0.5, 0.6) is 17.4 Å². The van der Waals surface area contributed by atoms with Crippen molar-refractivity contribution in [1.82, 2.24) is 4.98 Å². The highest BCUT2D eigenvalue weighted by Gasteiger charge is 2.29. The second-order valence-corrected chi connectivity index (χ2v) is 7.04. The van der Waals surface area contributed by atoms with Crippen LogP contribution in [0, 0.1) is 17.1 Å².